The van der Waals surface area contributed by atoms with Crippen molar-refractivity contribution in [2.45, 2.75) is 45.2 Å². The van der Waals surface area contributed by atoms with E-state index in [1.54, 1.807) is 18.2 Å². The minimum Gasteiger partial charge on any atom is -0.399 e. The fourth-order valence-corrected chi connectivity index (χ4v) is 2.97. The van der Waals surface area contributed by atoms with Crippen LogP contribution in [-0.2, 0) is 0 Å². The molecular weight excluding hydrogens is 248 g/mol. The van der Waals surface area contributed by atoms with E-state index in [4.69, 9.17) is 17.3 Å². The molecule has 0 aromatic heterocycles. The molecule has 0 spiro atoms. The molecule has 1 saturated heterocycles. The highest BCUT2D eigenvalue weighted by Gasteiger charge is 2.33. The van der Waals surface area contributed by atoms with Gasteiger partial charge in [0.1, 0.15) is 0 Å². The van der Waals surface area contributed by atoms with Gasteiger partial charge in [-0.2, -0.15) is 0 Å². The standard InChI is InChI=1S/C14H19ClN2O/c1-3-13-5-4-9(2)17(13)14(18)10-6-11(15)8-12(16)7-10/h6-9,13H,3-5,16H2,1-2H3. The minimum atomic E-state index is 0.0426. The molecule has 2 atom stereocenters. The van der Waals surface area contributed by atoms with Gasteiger partial charge in [-0.3, -0.25) is 4.79 Å². The van der Waals surface area contributed by atoms with Gasteiger partial charge in [0.15, 0.2) is 0 Å². The van der Waals surface area contributed by atoms with Crippen molar-refractivity contribution < 1.29 is 4.79 Å². The maximum atomic E-state index is 12.5. The number of hydrogen-bond donors (Lipinski definition) is 1. The van der Waals surface area contributed by atoms with Crippen molar-refractivity contribution in [3.8, 4) is 0 Å². The van der Waals surface area contributed by atoms with Crippen LogP contribution in [0.2, 0.25) is 5.02 Å². The van der Waals surface area contributed by atoms with Crippen LogP contribution in [0.1, 0.15) is 43.5 Å². The average molecular weight is 267 g/mol. The van der Waals surface area contributed by atoms with E-state index in [-0.39, 0.29) is 5.91 Å². The van der Waals surface area contributed by atoms with E-state index in [0.29, 0.717) is 28.4 Å². The minimum absolute atomic E-state index is 0.0426. The van der Waals surface area contributed by atoms with Crippen molar-refractivity contribution in [3.63, 3.8) is 0 Å². The van der Waals surface area contributed by atoms with Crippen molar-refractivity contribution in [3.05, 3.63) is 28.8 Å². The molecule has 2 rings (SSSR count). The topological polar surface area (TPSA) is 46.3 Å². The first-order valence-electron chi connectivity index (χ1n) is 6.41. The summed E-state index contributed by atoms with van der Waals surface area (Å²) in [5.41, 5.74) is 6.87. The number of nitrogens with two attached hydrogens (primary N) is 1. The van der Waals surface area contributed by atoms with Crippen molar-refractivity contribution in [1.82, 2.24) is 4.90 Å². The lowest BCUT2D eigenvalue weighted by Gasteiger charge is -2.28. The second-order valence-corrected chi connectivity index (χ2v) is 5.41. The molecule has 1 fully saturated rings. The number of likely N-dealkylation sites (tertiary alicyclic amines) is 1. The molecule has 0 saturated carbocycles. The molecule has 1 aliphatic rings. The summed E-state index contributed by atoms with van der Waals surface area (Å²) in [5.74, 6) is 0.0426. The summed E-state index contributed by atoms with van der Waals surface area (Å²) in [4.78, 5) is 14.5. The van der Waals surface area contributed by atoms with Crippen molar-refractivity contribution in [2.75, 3.05) is 5.73 Å². The number of nitrogens with zero attached hydrogens (tertiary/aromatic N) is 1. The number of hydrogen-bond acceptors (Lipinski definition) is 2. The summed E-state index contributed by atoms with van der Waals surface area (Å²) in [6.07, 6.45) is 3.14. The molecule has 0 radical (unpaired) electrons. The highest BCUT2D eigenvalue weighted by molar-refractivity contribution is 6.31. The monoisotopic (exact) mass is 266 g/mol. The quantitative estimate of drug-likeness (QED) is 0.835. The van der Waals surface area contributed by atoms with Crippen LogP contribution >= 0.6 is 11.6 Å². The Hall–Kier alpha value is -1.22. The van der Waals surface area contributed by atoms with Gasteiger partial charge in [-0.25, -0.2) is 0 Å². The molecule has 2 unspecified atom stereocenters. The first kappa shape index (κ1) is 13.2. The molecule has 18 heavy (non-hydrogen) atoms. The Morgan fingerprint density at radius 2 is 2.17 bits per heavy atom. The predicted octanol–water partition coefficient (Wildman–Crippen LogP) is 3.33. The molecule has 1 aliphatic heterocycles. The van der Waals surface area contributed by atoms with Crippen LogP contribution in [0.5, 0.6) is 0 Å². The van der Waals surface area contributed by atoms with Crippen LogP contribution in [0.25, 0.3) is 0 Å². The first-order valence-corrected chi connectivity index (χ1v) is 6.79. The number of halogens is 1. The van der Waals surface area contributed by atoms with Crippen LogP contribution < -0.4 is 5.73 Å². The molecule has 1 amide bonds. The van der Waals surface area contributed by atoms with Gasteiger partial charge < -0.3 is 10.6 Å². The predicted molar refractivity (Wildman–Crippen MR) is 74.8 cm³/mol. The van der Waals surface area contributed by atoms with Gasteiger partial charge in [-0.1, -0.05) is 18.5 Å². The smallest absolute Gasteiger partial charge is 0.254 e. The second kappa shape index (κ2) is 5.19. The highest BCUT2D eigenvalue weighted by Crippen LogP contribution is 2.29. The fraction of sp³-hybridized carbons (Fsp3) is 0.500. The van der Waals surface area contributed by atoms with Gasteiger partial charge in [0, 0.05) is 28.4 Å². The van der Waals surface area contributed by atoms with Crippen LogP contribution in [0.4, 0.5) is 5.69 Å². The lowest BCUT2D eigenvalue weighted by Crippen LogP contribution is -2.39. The molecule has 1 heterocycles. The lowest BCUT2D eigenvalue weighted by molar-refractivity contribution is 0.0676. The summed E-state index contributed by atoms with van der Waals surface area (Å²) in [7, 11) is 0. The third-order valence-electron chi connectivity index (χ3n) is 3.66. The molecule has 4 heteroatoms. The third kappa shape index (κ3) is 2.46. The van der Waals surface area contributed by atoms with Crippen LogP contribution in [0, 0.1) is 0 Å². The molecule has 2 N–H and O–H groups in total. The van der Waals surface area contributed by atoms with E-state index in [9.17, 15) is 4.79 Å². The fourth-order valence-electron chi connectivity index (χ4n) is 2.72. The number of amides is 1. The molecule has 3 nitrogen and oxygen atoms in total. The SMILES string of the molecule is CCC1CCC(C)N1C(=O)c1cc(N)cc(Cl)c1. The Balaban J connectivity index is 2.29. The summed E-state index contributed by atoms with van der Waals surface area (Å²) < 4.78 is 0. The van der Waals surface area contributed by atoms with Crippen LogP contribution in [-0.4, -0.2) is 22.9 Å². The Morgan fingerprint density at radius 1 is 1.44 bits per heavy atom. The number of anilines is 1. The molecule has 0 bridgehead atoms. The van der Waals surface area contributed by atoms with E-state index < -0.39 is 0 Å². The van der Waals surface area contributed by atoms with Gasteiger partial charge in [0.05, 0.1) is 0 Å². The van der Waals surface area contributed by atoms with Gasteiger partial charge in [-0.15, -0.1) is 0 Å². The lowest BCUT2D eigenvalue weighted by atomic mass is 10.1. The molecule has 98 valence electrons. The zero-order valence-corrected chi connectivity index (χ0v) is 11.6. The Kier molecular flexibility index (Phi) is 3.81. The summed E-state index contributed by atoms with van der Waals surface area (Å²) in [6, 6.07) is 5.68. The second-order valence-electron chi connectivity index (χ2n) is 4.97. The average Bonchev–Trinajstić information content (AvgIpc) is 2.68. The number of carbonyl (C=O) groups excluding carboxylic acids is 1. The van der Waals surface area contributed by atoms with E-state index in [2.05, 4.69) is 13.8 Å². The van der Waals surface area contributed by atoms with Crippen LogP contribution in [0.15, 0.2) is 18.2 Å². The maximum absolute atomic E-state index is 12.5. The largest absolute Gasteiger partial charge is 0.399 e. The van der Waals surface area contributed by atoms with E-state index >= 15 is 0 Å². The molecule has 0 aliphatic carbocycles. The Morgan fingerprint density at radius 3 is 2.78 bits per heavy atom. The van der Waals surface area contributed by atoms with E-state index in [1.807, 2.05) is 4.90 Å². The summed E-state index contributed by atoms with van der Waals surface area (Å²) >= 11 is 5.96. The van der Waals surface area contributed by atoms with Gasteiger partial charge >= 0.3 is 0 Å². The first-order chi connectivity index (χ1) is 8.52. The van der Waals surface area contributed by atoms with E-state index in [0.717, 1.165) is 19.3 Å². The summed E-state index contributed by atoms with van der Waals surface area (Å²) in [5, 5.41) is 0.512. The van der Waals surface area contributed by atoms with Crippen molar-refractivity contribution in [2.24, 2.45) is 0 Å². The van der Waals surface area contributed by atoms with Crippen molar-refractivity contribution in [1.29, 1.82) is 0 Å². The highest BCUT2D eigenvalue weighted by atomic mass is 35.5. The van der Waals surface area contributed by atoms with Crippen molar-refractivity contribution >= 4 is 23.2 Å². The number of benzene rings is 1. The Bertz CT molecular complexity index is 441. The Labute approximate surface area is 113 Å². The number of carbonyl (C=O) groups is 1. The molecular formula is C14H19ClN2O. The van der Waals surface area contributed by atoms with Gasteiger partial charge in [0.2, 0.25) is 0 Å². The zero-order valence-electron chi connectivity index (χ0n) is 10.8. The normalized spacial score (nSPS) is 23.4. The zero-order chi connectivity index (χ0) is 13.3. The van der Waals surface area contributed by atoms with Crippen LogP contribution in [0.3, 0.4) is 0 Å². The van der Waals surface area contributed by atoms with Gasteiger partial charge in [0.25, 0.3) is 5.91 Å². The van der Waals surface area contributed by atoms with E-state index in [1.165, 1.54) is 0 Å². The number of rotatable bonds is 2. The third-order valence-corrected chi connectivity index (χ3v) is 3.88. The summed E-state index contributed by atoms with van der Waals surface area (Å²) in [6.45, 7) is 4.22. The van der Waals surface area contributed by atoms with Gasteiger partial charge in [-0.05, 0) is 44.4 Å². The molecule has 1 aromatic carbocycles. The number of nitrogen functional groups attached to an aromatic ring is 1. The molecule has 1 aromatic rings. The maximum Gasteiger partial charge on any atom is 0.254 e.